The fraction of sp³-hybridized carbons (Fsp3) is 0. The molecule has 0 heterocycles. The normalized spacial score (nSPS) is 11.6. The van der Waals surface area contributed by atoms with Crippen molar-refractivity contribution in [1.29, 1.82) is 0 Å². The number of hydrogen-bond acceptors (Lipinski definition) is 2. The molecule has 0 aromatic heterocycles. The Labute approximate surface area is 227 Å². The van der Waals surface area contributed by atoms with Gasteiger partial charge in [0.25, 0.3) is 0 Å². The summed E-state index contributed by atoms with van der Waals surface area (Å²) in [6, 6.07) is 47.8. The molecular weight excluding hydrogens is 583 g/mol. The number of carbonyl (C=O) groups is 1. The van der Waals surface area contributed by atoms with Crippen LogP contribution in [0.5, 0.6) is 0 Å². The van der Waals surface area contributed by atoms with Crippen LogP contribution in [0.1, 0.15) is 11.1 Å². The minimum absolute atomic E-state index is 0.339. The fourth-order valence-electron chi connectivity index (χ4n) is 4.49. The van der Waals surface area contributed by atoms with E-state index in [1.807, 2.05) is 115 Å². The van der Waals surface area contributed by atoms with Gasteiger partial charge in [-0.15, -0.1) is 0 Å². The monoisotopic (exact) mass is 608 g/mol. The van der Waals surface area contributed by atoms with Gasteiger partial charge >= 0.3 is 228 Å². The van der Waals surface area contributed by atoms with Crippen molar-refractivity contribution in [1.82, 2.24) is 0 Å². The Morgan fingerprint density at radius 2 is 0.973 bits per heavy atom. The average Bonchev–Trinajstić information content (AvgIpc) is 2.97. The van der Waals surface area contributed by atoms with Crippen LogP contribution in [-0.2, 0) is 7.87 Å². The van der Waals surface area contributed by atoms with E-state index in [2.05, 4.69) is 36.4 Å². The molecule has 4 heteroatoms. The van der Waals surface area contributed by atoms with Gasteiger partial charge in [-0.1, -0.05) is 0 Å². The zero-order valence-electron chi connectivity index (χ0n) is 20.1. The van der Waals surface area contributed by atoms with Crippen LogP contribution in [-0.4, -0.2) is 24.8 Å². The summed E-state index contributed by atoms with van der Waals surface area (Å²) in [4.78, 5) is 14.3. The van der Waals surface area contributed by atoms with Crippen molar-refractivity contribution >= 4 is 58.7 Å². The Bertz CT molecular complexity index is 1390. The number of benzene rings is 5. The van der Waals surface area contributed by atoms with Crippen LogP contribution in [0.25, 0.3) is 11.6 Å². The predicted octanol–water partition coefficient (Wildman–Crippen LogP) is 6.09. The summed E-state index contributed by atoms with van der Waals surface area (Å²) in [5, 5.41) is 0.647. The number of rotatable bonds is 7. The summed E-state index contributed by atoms with van der Waals surface area (Å²) in [5.74, 6) is -0.339. The quantitative estimate of drug-likeness (QED) is 0.127. The minimum atomic E-state index is -4.28. The molecule has 5 aromatic rings. The number of hydrogen-bond donors (Lipinski definition) is 0. The summed E-state index contributed by atoms with van der Waals surface area (Å²) < 4.78 is 10.1. The molecule has 0 bridgehead atoms. The van der Waals surface area contributed by atoms with E-state index in [0.717, 1.165) is 21.9 Å². The third-order valence-corrected chi connectivity index (χ3v) is 17.7. The van der Waals surface area contributed by atoms with Crippen LogP contribution in [0, 0.1) is 0 Å². The van der Waals surface area contributed by atoms with Gasteiger partial charge in [0, 0.05) is 0 Å². The van der Waals surface area contributed by atoms with E-state index < -0.39 is 18.8 Å². The molecule has 5 rings (SSSR count). The molecule has 0 aliphatic heterocycles. The summed E-state index contributed by atoms with van der Waals surface area (Å²) in [6.07, 6.45) is 1.88. The zero-order chi connectivity index (χ0) is 25.5. The first-order chi connectivity index (χ1) is 18.2. The molecule has 0 radical (unpaired) electrons. The molecule has 0 spiro atoms. The van der Waals surface area contributed by atoms with Gasteiger partial charge in [-0.3, -0.25) is 0 Å². The summed E-state index contributed by atoms with van der Waals surface area (Å²) in [5.41, 5.74) is 2.18. The van der Waals surface area contributed by atoms with Crippen molar-refractivity contribution in [3.05, 3.63) is 162 Å². The van der Waals surface area contributed by atoms with Crippen LogP contribution >= 0.6 is 11.6 Å². The molecule has 0 aliphatic rings. The second kappa shape index (κ2) is 11.6. The van der Waals surface area contributed by atoms with E-state index in [1.165, 1.54) is 0 Å². The summed E-state index contributed by atoms with van der Waals surface area (Å²) >= 11 is 1.84. The SMILES string of the molecule is O=C([O][Sn]([c]1ccccc1)([c]1ccccc1)[c]1ccccc1)/C(=C/c1ccc(Cl)cc1)c1ccccc1. The van der Waals surface area contributed by atoms with Crippen LogP contribution in [0.4, 0.5) is 0 Å². The van der Waals surface area contributed by atoms with Gasteiger partial charge in [-0.25, -0.2) is 0 Å². The van der Waals surface area contributed by atoms with E-state index in [0.29, 0.717) is 10.6 Å². The molecule has 0 fully saturated rings. The second-order valence-corrected chi connectivity index (χ2v) is 18.5. The Morgan fingerprint density at radius 1 is 0.568 bits per heavy atom. The first kappa shape index (κ1) is 25.1. The van der Waals surface area contributed by atoms with Crippen molar-refractivity contribution in [3.63, 3.8) is 0 Å². The van der Waals surface area contributed by atoms with Crippen molar-refractivity contribution in [3.8, 4) is 0 Å². The predicted molar refractivity (Wildman–Crippen MR) is 156 cm³/mol. The second-order valence-electron chi connectivity index (χ2n) is 8.64. The van der Waals surface area contributed by atoms with Crippen molar-refractivity contribution in [2.75, 3.05) is 0 Å². The topological polar surface area (TPSA) is 26.3 Å². The molecule has 2 nitrogen and oxygen atoms in total. The third kappa shape index (κ3) is 5.56. The molecule has 37 heavy (non-hydrogen) atoms. The van der Waals surface area contributed by atoms with Crippen LogP contribution in [0.15, 0.2) is 146 Å². The Hall–Kier alpha value is -3.60. The first-order valence-electron chi connectivity index (χ1n) is 12.1. The number of carbonyl (C=O) groups excluding carboxylic acids is 1. The molecule has 0 N–H and O–H groups in total. The average molecular weight is 608 g/mol. The molecule has 0 aliphatic carbocycles. The molecular formula is C33H25ClO2Sn. The van der Waals surface area contributed by atoms with Gasteiger partial charge < -0.3 is 0 Å². The summed E-state index contributed by atoms with van der Waals surface area (Å²) in [6.45, 7) is 0. The molecule has 180 valence electrons. The maximum absolute atomic E-state index is 14.3. The molecule has 0 saturated heterocycles. The van der Waals surface area contributed by atoms with Gasteiger partial charge in [0.1, 0.15) is 0 Å². The van der Waals surface area contributed by atoms with E-state index in [1.54, 1.807) is 0 Å². The summed E-state index contributed by atoms with van der Waals surface area (Å²) in [7, 11) is 0. The van der Waals surface area contributed by atoms with Gasteiger partial charge in [0.2, 0.25) is 0 Å². The molecule has 0 saturated carbocycles. The number of halogens is 1. The zero-order valence-corrected chi connectivity index (χ0v) is 23.7. The Kier molecular flexibility index (Phi) is 7.88. The van der Waals surface area contributed by atoms with Crippen LogP contribution in [0.3, 0.4) is 0 Å². The molecule has 5 aromatic carbocycles. The van der Waals surface area contributed by atoms with E-state index in [4.69, 9.17) is 14.7 Å². The van der Waals surface area contributed by atoms with E-state index >= 15 is 0 Å². The maximum atomic E-state index is 14.3. The van der Waals surface area contributed by atoms with E-state index in [-0.39, 0.29) is 5.97 Å². The van der Waals surface area contributed by atoms with E-state index in [9.17, 15) is 4.79 Å². The Morgan fingerprint density at radius 3 is 1.41 bits per heavy atom. The molecule has 0 amide bonds. The van der Waals surface area contributed by atoms with Gasteiger partial charge in [0.05, 0.1) is 0 Å². The van der Waals surface area contributed by atoms with Gasteiger partial charge in [-0.2, -0.15) is 0 Å². The molecule has 0 atom stereocenters. The molecule has 0 unspecified atom stereocenters. The first-order valence-corrected chi connectivity index (χ1v) is 17.9. The Balaban J connectivity index is 1.70. The third-order valence-electron chi connectivity index (χ3n) is 6.27. The van der Waals surface area contributed by atoms with Crippen LogP contribution in [0.2, 0.25) is 5.02 Å². The standard InChI is InChI=1S/C15H11ClO2.3C6H5.Sn/c16-13-8-6-11(7-9-13)10-14(15(17)18)12-4-2-1-3-5-12;3*1-2-4-6-5-3-1;/h1-10H,(H,17,18);3*1-5H;/q;;;;+1/p-1/b14-10+;;;;. The van der Waals surface area contributed by atoms with Crippen molar-refractivity contribution in [2.24, 2.45) is 0 Å². The van der Waals surface area contributed by atoms with Gasteiger partial charge in [-0.05, 0) is 0 Å². The fourth-order valence-corrected chi connectivity index (χ4v) is 15.3. The van der Waals surface area contributed by atoms with Gasteiger partial charge in [0.15, 0.2) is 0 Å². The van der Waals surface area contributed by atoms with Crippen LogP contribution < -0.4 is 10.7 Å². The van der Waals surface area contributed by atoms with Crippen molar-refractivity contribution in [2.45, 2.75) is 0 Å². The van der Waals surface area contributed by atoms with Crippen molar-refractivity contribution < 1.29 is 7.87 Å².